The van der Waals surface area contributed by atoms with Crippen LogP contribution in [-0.2, 0) is 0 Å². The second-order valence-electron chi connectivity index (χ2n) is 14.9. The molecule has 0 N–H and O–H groups in total. The van der Waals surface area contributed by atoms with Gasteiger partial charge in [-0.05, 0) is 109 Å². The van der Waals surface area contributed by atoms with Gasteiger partial charge >= 0.3 is 0 Å². The number of hydrogen-bond acceptors (Lipinski definition) is 2. The lowest BCUT2D eigenvalue weighted by Crippen LogP contribution is -2.10. The minimum atomic E-state index is 0.891. The fraction of sp³-hybridized carbons (Fsp3) is 0. The zero-order valence-corrected chi connectivity index (χ0v) is 31.7. The molecule has 0 aliphatic carbocycles. The Balaban J connectivity index is 1.05. The van der Waals surface area contributed by atoms with Gasteiger partial charge in [-0.15, -0.1) is 0 Å². The number of nitrogens with zero attached hydrogens (tertiary/aromatic N) is 1. The van der Waals surface area contributed by atoms with Gasteiger partial charge in [0.05, 0.1) is 0 Å². The summed E-state index contributed by atoms with van der Waals surface area (Å²) >= 11 is 0. The topological polar surface area (TPSA) is 16.4 Å². The highest BCUT2D eigenvalue weighted by atomic mass is 16.3. The molecule has 1 heterocycles. The lowest BCUT2D eigenvalue weighted by molar-refractivity contribution is 0.670. The number of hydrogen-bond donors (Lipinski definition) is 0. The predicted octanol–water partition coefficient (Wildman–Crippen LogP) is 16.0. The highest BCUT2D eigenvalue weighted by Crippen LogP contribution is 2.43. The third kappa shape index (κ3) is 5.91. The molecule has 1 aromatic heterocycles. The zero-order chi connectivity index (χ0) is 38.4. The number of para-hydroxylation sites is 1. The normalized spacial score (nSPS) is 11.4. The van der Waals surface area contributed by atoms with Crippen molar-refractivity contribution < 1.29 is 4.42 Å². The van der Waals surface area contributed by atoms with E-state index < -0.39 is 0 Å². The van der Waals surface area contributed by atoms with Gasteiger partial charge in [-0.2, -0.15) is 0 Å². The van der Waals surface area contributed by atoms with Crippen LogP contribution in [-0.4, -0.2) is 0 Å². The van der Waals surface area contributed by atoms with Crippen molar-refractivity contribution >= 4 is 60.5 Å². The SMILES string of the molecule is c1ccc(-c2ccc(N(c3ccc(-c4ccc5oc6c(-c7ccccc7)cccc6c5c4)cc3)c3ccc4ccc5ccccc5c4c3)cc2-c2ccccc2)cc1. The van der Waals surface area contributed by atoms with Gasteiger partial charge in [-0.3, -0.25) is 0 Å². The first-order valence-corrected chi connectivity index (χ1v) is 19.8. The quantitative estimate of drug-likeness (QED) is 0.151. The molecule has 0 unspecified atom stereocenters. The number of rotatable bonds is 7. The van der Waals surface area contributed by atoms with Crippen LogP contribution < -0.4 is 4.90 Å². The van der Waals surface area contributed by atoms with E-state index in [2.05, 4.69) is 223 Å². The Morgan fingerprint density at radius 3 is 1.57 bits per heavy atom. The lowest BCUT2D eigenvalue weighted by atomic mass is 9.93. The molecule has 0 aliphatic heterocycles. The standard InChI is InChI=1S/C56H37NO/c1-4-13-39(14-5-1)49-33-32-47(37-52(49)41-17-8-3-9-18-41)57(46-31-27-43-24-23-42-19-10-11-20-48(42)53(43)36-46)45-29-25-38(26-30-45)44-28-34-55-54(35-44)51-22-12-21-50(56(51)58-55)40-15-6-2-7-16-40/h1-37H. The van der Waals surface area contributed by atoms with Crippen molar-refractivity contribution in [2.75, 3.05) is 4.90 Å². The Bertz CT molecular complexity index is 3260. The highest BCUT2D eigenvalue weighted by Gasteiger charge is 2.18. The lowest BCUT2D eigenvalue weighted by Gasteiger charge is -2.27. The van der Waals surface area contributed by atoms with E-state index in [0.29, 0.717) is 0 Å². The fourth-order valence-electron chi connectivity index (χ4n) is 8.60. The fourth-order valence-corrected chi connectivity index (χ4v) is 8.60. The molecule has 0 amide bonds. The molecule has 0 bridgehead atoms. The van der Waals surface area contributed by atoms with E-state index >= 15 is 0 Å². The molecule has 10 aromatic carbocycles. The van der Waals surface area contributed by atoms with Crippen LogP contribution in [0.2, 0.25) is 0 Å². The summed E-state index contributed by atoms with van der Waals surface area (Å²) in [5, 5.41) is 7.18. The van der Waals surface area contributed by atoms with Crippen molar-refractivity contribution in [2.24, 2.45) is 0 Å². The van der Waals surface area contributed by atoms with Gasteiger partial charge in [0.25, 0.3) is 0 Å². The van der Waals surface area contributed by atoms with Gasteiger partial charge in [0.1, 0.15) is 11.2 Å². The van der Waals surface area contributed by atoms with Crippen molar-refractivity contribution in [2.45, 2.75) is 0 Å². The largest absolute Gasteiger partial charge is 0.455 e. The average molecular weight is 740 g/mol. The van der Waals surface area contributed by atoms with Crippen LogP contribution >= 0.6 is 0 Å². The Kier molecular flexibility index (Phi) is 8.19. The number of fused-ring (bicyclic) bond motifs is 6. The van der Waals surface area contributed by atoms with Crippen molar-refractivity contribution in [3.8, 4) is 44.5 Å². The van der Waals surface area contributed by atoms with E-state index in [9.17, 15) is 0 Å². The molecule has 0 saturated carbocycles. The van der Waals surface area contributed by atoms with Gasteiger partial charge < -0.3 is 9.32 Å². The molecule has 0 radical (unpaired) electrons. The molecule has 58 heavy (non-hydrogen) atoms. The minimum absolute atomic E-state index is 0.891. The van der Waals surface area contributed by atoms with E-state index in [4.69, 9.17) is 4.42 Å². The van der Waals surface area contributed by atoms with Crippen LogP contribution in [0.5, 0.6) is 0 Å². The molecule has 0 spiro atoms. The molecular weight excluding hydrogens is 703 g/mol. The number of anilines is 3. The van der Waals surface area contributed by atoms with Crippen LogP contribution in [0, 0.1) is 0 Å². The maximum atomic E-state index is 6.51. The molecule has 11 rings (SSSR count). The van der Waals surface area contributed by atoms with Crippen molar-refractivity contribution in [3.05, 3.63) is 224 Å². The number of furan rings is 1. The first-order valence-electron chi connectivity index (χ1n) is 19.8. The molecule has 11 aromatic rings. The second kappa shape index (κ2) is 14.1. The maximum absolute atomic E-state index is 6.51. The van der Waals surface area contributed by atoms with Crippen molar-refractivity contribution in [3.63, 3.8) is 0 Å². The molecule has 0 saturated heterocycles. The average Bonchev–Trinajstić information content (AvgIpc) is 3.68. The summed E-state index contributed by atoms with van der Waals surface area (Å²) in [7, 11) is 0. The summed E-state index contributed by atoms with van der Waals surface area (Å²) in [6.07, 6.45) is 0. The Hall–Kier alpha value is -7.68. The Labute approximate surface area is 337 Å². The number of benzene rings is 10. The molecule has 2 heteroatoms. The van der Waals surface area contributed by atoms with E-state index in [-0.39, 0.29) is 0 Å². The van der Waals surface area contributed by atoms with Gasteiger partial charge in [-0.1, -0.05) is 176 Å². The summed E-state index contributed by atoms with van der Waals surface area (Å²) in [4.78, 5) is 2.39. The summed E-state index contributed by atoms with van der Waals surface area (Å²) in [6.45, 7) is 0. The maximum Gasteiger partial charge on any atom is 0.143 e. The van der Waals surface area contributed by atoms with Gasteiger partial charge in [0.15, 0.2) is 0 Å². The van der Waals surface area contributed by atoms with E-state index in [0.717, 1.165) is 61.3 Å². The predicted molar refractivity (Wildman–Crippen MR) is 245 cm³/mol. The van der Waals surface area contributed by atoms with Gasteiger partial charge in [0, 0.05) is 33.4 Å². The van der Waals surface area contributed by atoms with Crippen LogP contribution in [0.15, 0.2) is 229 Å². The monoisotopic (exact) mass is 739 g/mol. The van der Waals surface area contributed by atoms with E-state index in [1.54, 1.807) is 0 Å². The van der Waals surface area contributed by atoms with Crippen LogP contribution in [0.4, 0.5) is 17.1 Å². The summed E-state index contributed by atoms with van der Waals surface area (Å²) in [5.41, 5.74) is 14.4. The van der Waals surface area contributed by atoms with Gasteiger partial charge in [-0.25, -0.2) is 0 Å². The summed E-state index contributed by atoms with van der Waals surface area (Å²) < 4.78 is 6.51. The summed E-state index contributed by atoms with van der Waals surface area (Å²) in [6, 6.07) is 80.7. The van der Waals surface area contributed by atoms with E-state index in [1.807, 2.05) is 6.07 Å². The first-order chi connectivity index (χ1) is 28.7. The van der Waals surface area contributed by atoms with E-state index in [1.165, 1.54) is 43.8 Å². The highest BCUT2D eigenvalue weighted by molar-refractivity contribution is 6.11. The molecule has 0 aliphatic rings. The summed E-state index contributed by atoms with van der Waals surface area (Å²) in [5.74, 6) is 0. The third-order valence-corrected chi connectivity index (χ3v) is 11.5. The zero-order valence-electron chi connectivity index (χ0n) is 31.7. The minimum Gasteiger partial charge on any atom is -0.455 e. The molecule has 272 valence electrons. The Morgan fingerprint density at radius 1 is 0.276 bits per heavy atom. The van der Waals surface area contributed by atoms with Crippen molar-refractivity contribution in [1.29, 1.82) is 0 Å². The van der Waals surface area contributed by atoms with Gasteiger partial charge in [0.2, 0.25) is 0 Å². The smallest absolute Gasteiger partial charge is 0.143 e. The molecule has 2 nitrogen and oxygen atoms in total. The Morgan fingerprint density at radius 2 is 0.828 bits per heavy atom. The molecular formula is C56H37NO. The van der Waals surface area contributed by atoms with Crippen LogP contribution in [0.3, 0.4) is 0 Å². The first kappa shape index (κ1) is 33.6. The third-order valence-electron chi connectivity index (χ3n) is 11.5. The van der Waals surface area contributed by atoms with Crippen LogP contribution in [0.1, 0.15) is 0 Å². The second-order valence-corrected chi connectivity index (χ2v) is 14.9. The van der Waals surface area contributed by atoms with Crippen LogP contribution in [0.25, 0.3) is 88.0 Å². The molecule has 0 fully saturated rings. The molecule has 0 atom stereocenters. The van der Waals surface area contributed by atoms with Crippen molar-refractivity contribution in [1.82, 2.24) is 0 Å².